The second kappa shape index (κ2) is 8.38. The van der Waals surface area contributed by atoms with E-state index in [9.17, 15) is 5.11 Å². The van der Waals surface area contributed by atoms with Crippen LogP contribution in [0.25, 0.3) is 0 Å². The highest BCUT2D eigenvalue weighted by Gasteiger charge is 2.37. The fourth-order valence-corrected chi connectivity index (χ4v) is 4.15. The molecule has 0 heterocycles. The third kappa shape index (κ3) is 5.04. The lowest BCUT2D eigenvalue weighted by Crippen LogP contribution is -2.48. The molecule has 1 aliphatic rings. The van der Waals surface area contributed by atoms with Crippen molar-refractivity contribution in [1.82, 2.24) is 4.90 Å². The highest BCUT2D eigenvalue weighted by Crippen LogP contribution is 2.40. The monoisotopic (exact) mass is 283 g/mol. The first kappa shape index (κ1) is 18.0. The van der Waals surface area contributed by atoms with Gasteiger partial charge in [0, 0.05) is 31.2 Å². The van der Waals surface area contributed by atoms with E-state index in [1.807, 2.05) is 0 Å². The van der Waals surface area contributed by atoms with Gasteiger partial charge in [0.25, 0.3) is 0 Å². The number of rotatable bonds is 8. The number of aliphatic hydroxyl groups is 1. The van der Waals surface area contributed by atoms with Crippen molar-refractivity contribution in [2.45, 2.75) is 79.2 Å². The van der Waals surface area contributed by atoms with Gasteiger partial charge in [-0.15, -0.1) is 0 Å². The van der Waals surface area contributed by atoms with Gasteiger partial charge >= 0.3 is 0 Å². The van der Waals surface area contributed by atoms with Crippen LogP contribution in [-0.4, -0.2) is 35.7 Å². The molecule has 2 atom stereocenters. The van der Waals surface area contributed by atoms with Gasteiger partial charge in [-0.25, -0.2) is 0 Å². The molecule has 0 aliphatic heterocycles. The summed E-state index contributed by atoms with van der Waals surface area (Å²) < 4.78 is 0. The molecule has 0 radical (unpaired) electrons. The Morgan fingerprint density at radius 3 is 2.35 bits per heavy atom. The Balaban J connectivity index is 2.79. The van der Waals surface area contributed by atoms with Crippen molar-refractivity contribution in [1.29, 1.82) is 0 Å². The minimum atomic E-state index is 0.162. The Labute approximate surface area is 126 Å². The summed E-state index contributed by atoms with van der Waals surface area (Å²) in [7, 11) is 0. The second-order valence-electron chi connectivity index (χ2n) is 7.65. The third-order valence-corrected chi connectivity index (χ3v) is 5.12. The van der Waals surface area contributed by atoms with E-state index in [-0.39, 0.29) is 5.41 Å². The van der Waals surface area contributed by atoms with Crippen molar-refractivity contribution in [2.75, 3.05) is 19.7 Å². The van der Waals surface area contributed by atoms with Crippen LogP contribution in [0.5, 0.6) is 0 Å². The second-order valence-corrected chi connectivity index (χ2v) is 7.65. The van der Waals surface area contributed by atoms with E-state index in [0.29, 0.717) is 18.6 Å². The van der Waals surface area contributed by atoms with Crippen molar-refractivity contribution in [2.24, 2.45) is 17.3 Å². The molecule has 0 aromatic heterocycles. The van der Waals surface area contributed by atoms with E-state index in [2.05, 4.69) is 39.5 Å². The molecule has 1 rings (SSSR count). The maximum Gasteiger partial charge on any atom is 0.0499 e. The molecule has 0 saturated heterocycles. The Bertz CT molecular complexity index is 262. The lowest BCUT2D eigenvalue weighted by Gasteiger charge is -2.44. The average molecular weight is 284 g/mol. The molecule has 0 aromatic carbocycles. The Morgan fingerprint density at radius 1 is 1.25 bits per heavy atom. The number of hydrogen-bond donors (Lipinski definition) is 1. The van der Waals surface area contributed by atoms with Crippen molar-refractivity contribution < 1.29 is 5.11 Å². The van der Waals surface area contributed by atoms with Gasteiger partial charge in [0.15, 0.2) is 0 Å². The molecule has 1 fully saturated rings. The zero-order chi connectivity index (χ0) is 15.2. The minimum Gasteiger partial charge on any atom is -0.396 e. The summed E-state index contributed by atoms with van der Waals surface area (Å²) in [6, 6.07) is 0.679. The Morgan fingerprint density at radius 2 is 1.90 bits per heavy atom. The van der Waals surface area contributed by atoms with E-state index in [1.54, 1.807) is 0 Å². The molecule has 1 saturated carbocycles. The lowest BCUT2D eigenvalue weighted by molar-refractivity contribution is 0.00520. The summed E-state index contributed by atoms with van der Waals surface area (Å²) in [5, 5.41) is 10.0. The lowest BCUT2D eigenvalue weighted by atomic mass is 9.70. The van der Waals surface area contributed by atoms with E-state index in [4.69, 9.17) is 0 Å². The van der Waals surface area contributed by atoms with E-state index >= 15 is 0 Å². The van der Waals surface area contributed by atoms with Gasteiger partial charge in [-0.1, -0.05) is 47.5 Å². The highest BCUT2D eigenvalue weighted by molar-refractivity contribution is 4.89. The van der Waals surface area contributed by atoms with Gasteiger partial charge in [-0.3, -0.25) is 4.90 Å². The molecule has 0 bridgehead atoms. The van der Waals surface area contributed by atoms with Gasteiger partial charge in [0.05, 0.1) is 0 Å². The Kier molecular flexibility index (Phi) is 7.53. The molecule has 0 amide bonds. The molecular formula is C18H37NO. The molecular weight excluding hydrogens is 246 g/mol. The van der Waals surface area contributed by atoms with E-state index in [1.165, 1.54) is 45.1 Å². The van der Waals surface area contributed by atoms with Crippen LogP contribution in [0.2, 0.25) is 0 Å². The molecule has 120 valence electrons. The van der Waals surface area contributed by atoms with Crippen LogP contribution in [0.4, 0.5) is 0 Å². The molecule has 0 spiro atoms. The standard InChI is InChI=1S/C18H37NO/c1-6-17(7-2)19(12-15(3)4)13-18(14-20)10-8-9-16(5)11-18/h15-17,20H,6-14H2,1-5H3. The van der Waals surface area contributed by atoms with Gasteiger partial charge < -0.3 is 5.11 Å². The zero-order valence-electron chi connectivity index (χ0n) is 14.5. The fourth-order valence-electron chi connectivity index (χ4n) is 4.15. The maximum atomic E-state index is 10.0. The van der Waals surface area contributed by atoms with Crippen molar-refractivity contribution in [3.63, 3.8) is 0 Å². The first-order valence-electron chi connectivity index (χ1n) is 8.81. The largest absolute Gasteiger partial charge is 0.396 e. The molecule has 20 heavy (non-hydrogen) atoms. The summed E-state index contributed by atoms with van der Waals surface area (Å²) in [6.45, 7) is 14.2. The summed E-state index contributed by atoms with van der Waals surface area (Å²) in [5.74, 6) is 1.48. The first-order valence-corrected chi connectivity index (χ1v) is 8.81. The van der Waals surface area contributed by atoms with Crippen molar-refractivity contribution in [3.05, 3.63) is 0 Å². The van der Waals surface area contributed by atoms with Crippen LogP contribution in [-0.2, 0) is 0 Å². The first-order chi connectivity index (χ1) is 9.46. The quantitative estimate of drug-likeness (QED) is 0.717. The minimum absolute atomic E-state index is 0.162. The highest BCUT2D eigenvalue weighted by atomic mass is 16.3. The molecule has 1 aliphatic carbocycles. The van der Waals surface area contributed by atoms with Gasteiger partial charge in [0.1, 0.15) is 0 Å². The van der Waals surface area contributed by atoms with E-state index < -0.39 is 0 Å². The molecule has 2 heteroatoms. The number of hydrogen-bond acceptors (Lipinski definition) is 2. The van der Waals surface area contributed by atoms with Crippen LogP contribution in [0.3, 0.4) is 0 Å². The van der Waals surface area contributed by atoms with Gasteiger partial charge in [0.2, 0.25) is 0 Å². The molecule has 1 N–H and O–H groups in total. The van der Waals surface area contributed by atoms with Crippen LogP contribution in [0, 0.1) is 17.3 Å². The number of nitrogens with zero attached hydrogens (tertiary/aromatic N) is 1. The SMILES string of the molecule is CCC(CC)N(CC(C)C)CC1(CO)CCCC(C)C1. The molecule has 2 nitrogen and oxygen atoms in total. The number of aliphatic hydroxyl groups excluding tert-OH is 1. The maximum absolute atomic E-state index is 10.0. The summed E-state index contributed by atoms with van der Waals surface area (Å²) in [4.78, 5) is 2.68. The van der Waals surface area contributed by atoms with Crippen LogP contribution in [0.15, 0.2) is 0 Å². The van der Waals surface area contributed by atoms with Crippen LogP contribution < -0.4 is 0 Å². The molecule has 2 unspecified atom stereocenters. The topological polar surface area (TPSA) is 23.5 Å². The summed E-state index contributed by atoms with van der Waals surface area (Å²) in [6.07, 6.45) is 7.50. The summed E-state index contributed by atoms with van der Waals surface area (Å²) >= 11 is 0. The van der Waals surface area contributed by atoms with Crippen molar-refractivity contribution >= 4 is 0 Å². The van der Waals surface area contributed by atoms with Gasteiger partial charge in [-0.05, 0) is 37.5 Å². The summed E-state index contributed by atoms with van der Waals surface area (Å²) in [5.41, 5.74) is 0.162. The smallest absolute Gasteiger partial charge is 0.0499 e. The van der Waals surface area contributed by atoms with Crippen LogP contribution >= 0.6 is 0 Å². The zero-order valence-corrected chi connectivity index (χ0v) is 14.5. The van der Waals surface area contributed by atoms with E-state index in [0.717, 1.165) is 12.5 Å². The predicted octanol–water partition coefficient (Wildman–Crippen LogP) is 4.32. The Hall–Kier alpha value is -0.0800. The molecule has 0 aromatic rings. The van der Waals surface area contributed by atoms with Gasteiger partial charge in [-0.2, -0.15) is 0 Å². The third-order valence-electron chi connectivity index (χ3n) is 5.12. The fraction of sp³-hybridized carbons (Fsp3) is 1.00. The normalized spacial score (nSPS) is 27.8. The van der Waals surface area contributed by atoms with Crippen LogP contribution in [0.1, 0.15) is 73.1 Å². The predicted molar refractivity (Wildman–Crippen MR) is 87.9 cm³/mol. The average Bonchev–Trinajstić information content (AvgIpc) is 2.39. The van der Waals surface area contributed by atoms with Crippen molar-refractivity contribution in [3.8, 4) is 0 Å².